The highest BCUT2D eigenvalue weighted by Crippen LogP contribution is 2.30. The number of piperidine rings is 1. The fraction of sp³-hybridized carbons (Fsp3) is 0.552. The minimum atomic E-state index is 0.108. The molecule has 1 atom stereocenters. The zero-order chi connectivity index (χ0) is 25.5. The van der Waals surface area contributed by atoms with Crippen LogP contribution in [0.4, 0.5) is 0 Å². The van der Waals surface area contributed by atoms with Gasteiger partial charge in [0.2, 0.25) is 5.91 Å². The van der Waals surface area contributed by atoms with E-state index in [0.29, 0.717) is 12.5 Å². The van der Waals surface area contributed by atoms with E-state index in [1.54, 1.807) is 14.2 Å². The van der Waals surface area contributed by atoms with E-state index in [0.717, 1.165) is 88.0 Å². The van der Waals surface area contributed by atoms with Gasteiger partial charge in [-0.1, -0.05) is 6.07 Å². The van der Waals surface area contributed by atoms with Crippen LogP contribution in [-0.4, -0.2) is 74.2 Å². The number of hydrogen-bond donors (Lipinski definition) is 0. The van der Waals surface area contributed by atoms with Crippen LogP contribution < -0.4 is 14.2 Å². The number of carbonyl (C=O) groups is 1. The minimum absolute atomic E-state index is 0.108. The van der Waals surface area contributed by atoms with Crippen molar-refractivity contribution in [3.8, 4) is 17.2 Å². The fourth-order valence-corrected chi connectivity index (χ4v) is 5.43. The summed E-state index contributed by atoms with van der Waals surface area (Å²) in [4.78, 5) is 19.7. The van der Waals surface area contributed by atoms with Crippen molar-refractivity contribution in [3.63, 3.8) is 0 Å². The molecular weight excluding hydrogens is 454 g/mol. The number of methoxy groups -OCH3 is 2. The fourth-order valence-electron chi connectivity index (χ4n) is 5.43. The molecule has 4 rings (SSSR count). The van der Waals surface area contributed by atoms with E-state index >= 15 is 0 Å². The van der Waals surface area contributed by atoms with Crippen molar-refractivity contribution >= 4 is 5.91 Å². The molecule has 1 saturated heterocycles. The van der Waals surface area contributed by atoms with Crippen molar-refractivity contribution in [2.45, 2.75) is 46.3 Å². The number of carbonyl (C=O) groups excluding carboxylic acids is 1. The van der Waals surface area contributed by atoms with Gasteiger partial charge in [0.15, 0.2) is 0 Å². The third kappa shape index (κ3) is 6.31. The first-order chi connectivity index (χ1) is 17.5. The average molecular weight is 496 g/mol. The van der Waals surface area contributed by atoms with Crippen molar-refractivity contribution in [2.75, 3.05) is 53.6 Å². The number of fused-ring (bicyclic) bond motifs is 1. The summed E-state index contributed by atoms with van der Waals surface area (Å²) in [6.07, 6.45) is 2.06. The lowest BCUT2D eigenvalue weighted by atomic mass is 9.95. The van der Waals surface area contributed by atoms with Crippen LogP contribution in [-0.2, 0) is 24.4 Å². The van der Waals surface area contributed by atoms with E-state index in [1.807, 2.05) is 23.1 Å². The maximum atomic E-state index is 12.9. The van der Waals surface area contributed by atoms with Gasteiger partial charge in [-0.2, -0.15) is 0 Å². The quantitative estimate of drug-likeness (QED) is 0.520. The second-order valence-electron chi connectivity index (χ2n) is 9.76. The summed E-state index contributed by atoms with van der Waals surface area (Å²) >= 11 is 0. The Morgan fingerprint density at radius 1 is 1.03 bits per heavy atom. The number of ether oxygens (including phenoxy) is 3. The normalized spacial score (nSPS) is 18.6. The van der Waals surface area contributed by atoms with E-state index < -0.39 is 0 Å². The van der Waals surface area contributed by atoms with Gasteiger partial charge in [0.05, 0.1) is 20.1 Å². The van der Waals surface area contributed by atoms with Gasteiger partial charge in [-0.3, -0.25) is 14.6 Å². The zero-order valence-electron chi connectivity index (χ0n) is 22.3. The molecule has 2 aliphatic heterocycles. The van der Waals surface area contributed by atoms with Gasteiger partial charge in [-0.05, 0) is 69.1 Å². The molecular formula is C29H41N3O4. The van der Waals surface area contributed by atoms with E-state index in [9.17, 15) is 4.79 Å². The summed E-state index contributed by atoms with van der Waals surface area (Å²) in [6, 6.07) is 12.5. The van der Waals surface area contributed by atoms with Gasteiger partial charge >= 0.3 is 0 Å². The number of likely N-dealkylation sites (tertiary alicyclic amines) is 1. The minimum Gasteiger partial charge on any atom is -0.497 e. The molecule has 1 unspecified atom stereocenters. The van der Waals surface area contributed by atoms with Crippen molar-refractivity contribution in [3.05, 3.63) is 53.1 Å². The molecule has 2 aliphatic rings. The van der Waals surface area contributed by atoms with Crippen LogP contribution in [0.25, 0.3) is 0 Å². The second kappa shape index (κ2) is 12.5. The molecule has 2 heterocycles. The van der Waals surface area contributed by atoms with Crippen molar-refractivity contribution in [2.24, 2.45) is 5.92 Å². The molecule has 0 saturated carbocycles. The summed E-state index contributed by atoms with van der Waals surface area (Å²) in [5, 5.41) is 0. The van der Waals surface area contributed by atoms with E-state index in [4.69, 9.17) is 14.2 Å². The van der Waals surface area contributed by atoms with Gasteiger partial charge in [0, 0.05) is 56.9 Å². The molecule has 0 spiro atoms. The van der Waals surface area contributed by atoms with Crippen LogP contribution in [0.2, 0.25) is 0 Å². The van der Waals surface area contributed by atoms with E-state index in [-0.39, 0.29) is 5.92 Å². The first kappa shape index (κ1) is 26.3. The van der Waals surface area contributed by atoms with Crippen molar-refractivity contribution < 1.29 is 19.0 Å². The molecule has 0 aliphatic carbocycles. The largest absolute Gasteiger partial charge is 0.497 e. The predicted octanol–water partition coefficient (Wildman–Crippen LogP) is 4.18. The van der Waals surface area contributed by atoms with Gasteiger partial charge in [0.1, 0.15) is 23.9 Å². The van der Waals surface area contributed by atoms with Crippen molar-refractivity contribution in [1.82, 2.24) is 14.7 Å². The molecule has 2 aromatic carbocycles. The summed E-state index contributed by atoms with van der Waals surface area (Å²) in [7, 11) is 3.40. The number of rotatable bonds is 9. The van der Waals surface area contributed by atoms with E-state index in [2.05, 4.69) is 41.8 Å². The third-order valence-corrected chi connectivity index (χ3v) is 7.40. The Morgan fingerprint density at radius 2 is 1.86 bits per heavy atom. The van der Waals surface area contributed by atoms with Crippen LogP contribution >= 0.6 is 0 Å². The SMILES string of the molecule is CCN(CC)C(=O)C1CCCN(Cc2ccc3c(c2)CN(Cc2cc(OC)ccc2OC)CCO3)C1. The Balaban J connectivity index is 1.44. The molecule has 0 bridgehead atoms. The van der Waals surface area contributed by atoms with Crippen LogP contribution in [0.3, 0.4) is 0 Å². The predicted molar refractivity (Wildman–Crippen MR) is 142 cm³/mol. The highest BCUT2D eigenvalue weighted by Gasteiger charge is 2.28. The van der Waals surface area contributed by atoms with Gasteiger partial charge < -0.3 is 19.1 Å². The highest BCUT2D eigenvalue weighted by atomic mass is 16.5. The molecule has 2 aromatic rings. The molecule has 1 amide bonds. The zero-order valence-corrected chi connectivity index (χ0v) is 22.3. The molecule has 7 nitrogen and oxygen atoms in total. The van der Waals surface area contributed by atoms with Gasteiger partial charge in [-0.25, -0.2) is 0 Å². The molecule has 0 aromatic heterocycles. The number of amides is 1. The number of hydrogen-bond acceptors (Lipinski definition) is 6. The first-order valence-electron chi connectivity index (χ1n) is 13.2. The molecule has 0 N–H and O–H groups in total. The standard InChI is InChI=1S/C29H41N3O4/c1-5-32(6-2)29(33)23-8-7-13-30(19-23)18-22-9-11-28-24(16-22)20-31(14-15-36-28)21-25-17-26(34-3)10-12-27(25)35-4/h9-12,16-17,23H,5-8,13-15,18-21H2,1-4H3. The van der Waals surface area contributed by atoms with Crippen LogP contribution in [0, 0.1) is 5.92 Å². The number of nitrogens with zero attached hydrogens (tertiary/aromatic N) is 3. The van der Waals surface area contributed by atoms with Crippen LogP contribution in [0.15, 0.2) is 36.4 Å². The maximum absolute atomic E-state index is 12.9. The highest BCUT2D eigenvalue weighted by molar-refractivity contribution is 5.79. The Hall–Kier alpha value is -2.77. The molecule has 0 radical (unpaired) electrons. The summed E-state index contributed by atoms with van der Waals surface area (Å²) < 4.78 is 17.1. The van der Waals surface area contributed by atoms with Crippen LogP contribution in [0.5, 0.6) is 17.2 Å². The smallest absolute Gasteiger partial charge is 0.226 e. The van der Waals surface area contributed by atoms with Crippen LogP contribution in [0.1, 0.15) is 43.4 Å². The Kier molecular flexibility index (Phi) is 9.10. The maximum Gasteiger partial charge on any atom is 0.226 e. The lowest BCUT2D eigenvalue weighted by Gasteiger charge is -2.34. The topological polar surface area (TPSA) is 54.5 Å². The van der Waals surface area contributed by atoms with Crippen molar-refractivity contribution in [1.29, 1.82) is 0 Å². The Labute approximate surface area is 215 Å². The lowest BCUT2D eigenvalue weighted by Crippen LogP contribution is -2.44. The number of benzene rings is 2. The summed E-state index contributed by atoms with van der Waals surface area (Å²) in [5.74, 6) is 3.08. The summed E-state index contributed by atoms with van der Waals surface area (Å²) in [6.45, 7) is 11.5. The molecule has 196 valence electrons. The molecule has 7 heteroatoms. The van der Waals surface area contributed by atoms with Gasteiger partial charge in [0.25, 0.3) is 0 Å². The van der Waals surface area contributed by atoms with Gasteiger partial charge in [-0.15, -0.1) is 0 Å². The van der Waals surface area contributed by atoms with E-state index in [1.165, 1.54) is 11.1 Å². The second-order valence-corrected chi connectivity index (χ2v) is 9.76. The molecule has 1 fully saturated rings. The average Bonchev–Trinajstić information content (AvgIpc) is 3.10. The first-order valence-corrected chi connectivity index (χ1v) is 13.2. The Bertz CT molecular complexity index is 1020. The monoisotopic (exact) mass is 495 g/mol. The molecule has 36 heavy (non-hydrogen) atoms. The summed E-state index contributed by atoms with van der Waals surface area (Å²) in [5.41, 5.74) is 3.59. The lowest BCUT2D eigenvalue weighted by molar-refractivity contribution is -0.137. The Morgan fingerprint density at radius 3 is 2.61 bits per heavy atom. The third-order valence-electron chi connectivity index (χ3n) is 7.40.